The summed E-state index contributed by atoms with van der Waals surface area (Å²) in [6.07, 6.45) is -3.66. The SMILES string of the molecule is O=[N+]([O-])c1ccc(N[C@H]2[C@H](OCc3ccccc3)O[C@H](CO)[C@@H](OCc3ccccc3)[C@@H]2OCc2ccccc2)c([N+](=O)[O-])c1. The molecule has 5 rings (SSSR count). The maximum atomic E-state index is 12.0. The second-order valence-corrected chi connectivity index (χ2v) is 10.4. The van der Waals surface area contributed by atoms with E-state index in [1.165, 1.54) is 12.1 Å². The van der Waals surface area contributed by atoms with Gasteiger partial charge in [-0.2, -0.15) is 0 Å². The molecule has 12 nitrogen and oxygen atoms in total. The Morgan fingerprint density at radius 1 is 0.689 bits per heavy atom. The Morgan fingerprint density at radius 3 is 1.69 bits per heavy atom. The Bertz CT molecular complexity index is 1540. The van der Waals surface area contributed by atoms with E-state index >= 15 is 0 Å². The van der Waals surface area contributed by atoms with Gasteiger partial charge in [-0.05, 0) is 22.8 Å². The molecular formula is C33H33N3O9. The fourth-order valence-electron chi connectivity index (χ4n) is 5.12. The number of hydrogen-bond acceptors (Lipinski definition) is 10. The van der Waals surface area contributed by atoms with Gasteiger partial charge in [-0.3, -0.25) is 20.2 Å². The molecule has 12 heteroatoms. The molecule has 234 valence electrons. The zero-order chi connectivity index (χ0) is 31.6. The first-order valence-corrected chi connectivity index (χ1v) is 14.3. The second-order valence-electron chi connectivity index (χ2n) is 10.4. The van der Waals surface area contributed by atoms with Gasteiger partial charge in [0.05, 0.1) is 42.3 Å². The molecule has 0 amide bonds. The fourth-order valence-corrected chi connectivity index (χ4v) is 5.12. The molecule has 2 N–H and O–H groups in total. The number of nitrogens with one attached hydrogen (secondary N) is 1. The lowest BCUT2D eigenvalue weighted by Gasteiger charge is -2.46. The highest BCUT2D eigenvalue weighted by Gasteiger charge is 2.48. The van der Waals surface area contributed by atoms with Crippen LogP contribution in [0.4, 0.5) is 17.1 Å². The van der Waals surface area contributed by atoms with E-state index in [4.69, 9.17) is 18.9 Å². The number of aliphatic hydroxyl groups is 1. The molecule has 1 heterocycles. The summed E-state index contributed by atoms with van der Waals surface area (Å²) >= 11 is 0. The van der Waals surface area contributed by atoms with E-state index in [9.17, 15) is 25.3 Å². The van der Waals surface area contributed by atoms with Crippen LogP contribution < -0.4 is 5.32 Å². The van der Waals surface area contributed by atoms with Crippen molar-refractivity contribution in [2.75, 3.05) is 11.9 Å². The van der Waals surface area contributed by atoms with Crippen molar-refractivity contribution in [2.24, 2.45) is 0 Å². The highest BCUT2D eigenvalue weighted by atomic mass is 16.7. The summed E-state index contributed by atoms with van der Waals surface area (Å²) in [4.78, 5) is 22.0. The van der Waals surface area contributed by atoms with Crippen molar-refractivity contribution in [1.82, 2.24) is 0 Å². The lowest BCUT2D eigenvalue weighted by molar-refractivity contribution is -0.393. The Kier molecular flexibility index (Phi) is 10.8. The van der Waals surface area contributed by atoms with Gasteiger partial charge in [-0.1, -0.05) is 91.0 Å². The van der Waals surface area contributed by atoms with Crippen LogP contribution in [0.2, 0.25) is 0 Å². The van der Waals surface area contributed by atoms with E-state index in [2.05, 4.69) is 5.32 Å². The maximum Gasteiger partial charge on any atom is 0.299 e. The summed E-state index contributed by atoms with van der Waals surface area (Å²) < 4.78 is 25.3. The summed E-state index contributed by atoms with van der Waals surface area (Å²) in [7, 11) is 0. The van der Waals surface area contributed by atoms with Gasteiger partial charge in [0, 0.05) is 6.07 Å². The number of non-ortho nitro benzene ring substituents is 1. The minimum atomic E-state index is -1.07. The molecule has 45 heavy (non-hydrogen) atoms. The largest absolute Gasteiger partial charge is 0.394 e. The minimum Gasteiger partial charge on any atom is -0.394 e. The third-order valence-electron chi connectivity index (χ3n) is 7.36. The van der Waals surface area contributed by atoms with E-state index in [0.29, 0.717) is 0 Å². The number of rotatable bonds is 14. The van der Waals surface area contributed by atoms with Crippen molar-refractivity contribution in [3.63, 3.8) is 0 Å². The van der Waals surface area contributed by atoms with Crippen LogP contribution in [0.1, 0.15) is 16.7 Å². The molecule has 1 fully saturated rings. The molecule has 0 aliphatic carbocycles. The number of nitro benzene ring substituents is 2. The van der Waals surface area contributed by atoms with Gasteiger partial charge in [0.15, 0.2) is 6.29 Å². The van der Waals surface area contributed by atoms with Crippen LogP contribution in [0.5, 0.6) is 0 Å². The number of benzene rings is 4. The maximum absolute atomic E-state index is 12.0. The molecule has 1 saturated heterocycles. The van der Waals surface area contributed by atoms with E-state index in [1.807, 2.05) is 91.0 Å². The average Bonchev–Trinajstić information content (AvgIpc) is 3.07. The molecule has 0 spiro atoms. The van der Waals surface area contributed by atoms with Crippen LogP contribution in [0.15, 0.2) is 109 Å². The Labute approximate surface area is 259 Å². The standard InChI is InChI=1S/C33H33N3O9/c37-19-29-31(42-20-23-10-4-1-5-11-23)32(43-21-24-12-6-2-7-13-24)30(33(45-29)44-22-25-14-8-3-9-15-25)34-27-17-16-26(35(38)39)18-28(27)36(40)41/h1-18,29-34,37H,19-22H2/t29-,30-,31-,32-,33-/m1/s1. The smallest absolute Gasteiger partial charge is 0.299 e. The van der Waals surface area contributed by atoms with Crippen molar-refractivity contribution in [3.8, 4) is 0 Å². The van der Waals surface area contributed by atoms with Crippen LogP contribution in [-0.4, -0.2) is 52.2 Å². The van der Waals surface area contributed by atoms with Gasteiger partial charge in [0.1, 0.15) is 30.0 Å². The van der Waals surface area contributed by atoms with Crippen LogP contribution in [0, 0.1) is 20.2 Å². The summed E-state index contributed by atoms with van der Waals surface area (Å²) in [6, 6.07) is 30.7. The molecule has 0 aromatic heterocycles. The van der Waals surface area contributed by atoms with Crippen LogP contribution in [0.25, 0.3) is 0 Å². The molecule has 1 aliphatic rings. The number of aliphatic hydroxyl groups excluding tert-OH is 1. The van der Waals surface area contributed by atoms with Gasteiger partial charge in [0.2, 0.25) is 0 Å². The molecule has 4 aromatic carbocycles. The lowest BCUT2D eigenvalue weighted by atomic mass is 9.95. The normalized spacial score (nSPS) is 21.2. The summed E-state index contributed by atoms with van der Waals surface area (Å²) in [5.74, 6) is 0. The van der Waals surface area contributed by atoms with Gasteiger partial charge < -0.3 is 29.4 Å². The molecule has 0 unspecified atom stereocenters. The quantitative estimate of drug-likeness (QED) is 0.139. The molecular weight excluding hydrogens is 582 g/mol. The first-order chi connectivity index (χ1) is 21.9. The first kappa shape index (κ1) is 31.7. The van der Waals surface area contributed by atoms with E-state index in [-0.39, 0.29) is 25.5 Å². The van der Waals surface area contributed by atoms with Crippen molar-refractivity contribution >= 4 is 17.1 Å². The topological polar surface area (TPSA) is 155 Å². The fraction of sp³-hybridized carbons (Fsp3) is 0.273. The first-order valence-electron chi connectivity index (χ1n) is 14.3. The van der Waals surface area contributed by atoms with Gasteiger partial charge in [-0.25, -0.2) is 0 Å². The molecule has 4 aromatic rings. The predicted octanol–water partition coefficient (Wildman–Crippen LogP) is 5.39. The van der Waals surface area contributed by atoms with Crippen LogP contribution >= 0.6 is 0 Å². The van der Waals surface area contributed by atoms with E-state index in [0.717, 1.165) is 22.8 Å². The van der Waals surface area contributed by atoms with Crippen molar-refractivity contribution in [2.45, 2.75) is 50.5 Å². The Balaban J connectivity index is 1.52. The van der Waals surface area contributed by atoms with Crippen LogP contribution in [-0.2, 0) is 38.8 Å². The molecule has 0 radical (unpaired) electrons. The van der Waals surface area contributed by atoms with Crippen LogP contribution in [0.3, 0.4) is 0 Å². The minimum absolute atomic E-state index is 0.00470. The van der Waals surface area contributed by atoms with Gasteiger partial charge in [-0.15, -0.1) is 0 Å². The summed E-state index contributed by atoms with van der Waals surface area (Å²) in [5.41, 5.74) is 1.68. The Hall–Kier alpha value is -4.72. The van der Waals surface area contributed by atoms with E-state index in [1.54, 1.807) is 0 Å². The van der Waals surface area contributed by atoms with E-state index < -0.39 is 58.5 Å². The third-order valence-corrected chi connectivity index (χ3v) is 7.36. The molecule has 1 aliphatic heterocycles. The molecule has 5 atom stereocenters. The number of hydrogen-bond donors (Lipinski definition) is 2. The average molecular weight is 616 g/mol. The third kappa shape index (κ3) is 8.26. The zero-order valence-electron chi connectivity index (χ0n) is 24.2. The number of nitro groups is 2. The van der Waals surface area contributed by atoms with Gasteiger partial charge in [0.25, 0.3) is 11.4 Å². The number of anilines is 1. The zero-order valence-corrected chi connectivity index (χ0v) is 24.2. The van der Waals surface area contributed by atoms with Crippen molar-refractivity contribution in [3.05, 3.63) is 146 Å². The predicted molar refractivity (Wildman–Crippen MR) is 164 cm³/mol. The lowest BCUT2D eigenvalue weighted by Crippen LogP contribution is -2.63. The highest BCUT2D eigenvalue weighted by molar-refractivity contribution is 5.66. The van der Waals surface area contributed by atoms with Crippen molar-refractivity contribution < 1.29 is 33.9 Å². The highest BCUT2D eigenvalue weighted by Crippen LogP contribution is 2.35. The van der Waals surface area contributed by atoms with Crippen molar-refractivity contribution in [1.29, 1.82) is 0 Å². The number of ether oxygens (including phenoxy) is 4. The second kappa shape index (κ2) is 15.3. The van der Waals surface area contributed by atoms with Gasteiger partial charge >= 0.3 is 0 Å². The Morgan fingerprint density at radius 2 is 1.20 bits per heavy atom. The monoisotopic (exact) mass is 615 g/mol. The summed E-state index contributed by atoms with van der Waals surface area (Å²) in [5, 5.41) is 37.0. The summed E-state index contributed by atoms with van der Waals surface area (Å²) in [6.45, 7) is 0.0443. The molecule has 0 bridgehead atoms. The number of nitrogens with zero attached hydrogens (tertiary/aromatic N) is 2. The molecule has 0 saturated carbocycles.